The smallest absolute Gasteiger partial charge is 0.335 e. The third kappa shape index (κ3) is 3.55. The van der Waals surface area contributed by atoms with Gasteiger partial charge in [0, 0.05) is 18.5 Å². The van der Waals surface area contributed by atoms with Crippen LogP contribution in [0.25, 0.3) is 0 Å². The summed E-state index contributed by atoms with van der Waals surface area (Å²) in [5.41, 5.74) is 0.980. The van der Waals surface area contributed by atoms with Crippen LogP contribution in [-0.2, 0) is 11.2 Å². The van der Waals surface area contributed by atoms with E-state index in [4.69, 9.17) is 16.7 Å². The van der Waals surface area contributed by atoms with Crippen molar-refractivity contribution in [3.05, 3.63) is 34.3 Å². The van der Waals surface area contributed by atoms with Crippen molar-refractivity contribution >= 4 is 23.5 Å². The molecular formula is C11H12ClNO3. The molecule has 5 heteroatoms. The second-order valence-corrected chi connectivity index (χ2v) is 3.75. The summed E-state index contributed by atoms with van der Waals surface area (Å²) in [6, 6.07) is 4.57. The molecule has 1 aromatic rings. The number of carbonyl (C=O) groups is 2. The summed E-state index contributed by atoms with van der Waals surface area (Å²) in [5, 5.41) is 11.8. The molecule has 0 aromatic heterocycles. The Morgan fingerprint density at radius 2 is 2.12 bits per heavy atom. The van der Waals surface area contributed by atoms with Crippen molar-refractivity contribution < 1.29 is 14.7 Å². The van der Waals surface area contributed by atoms with Crippen molar-refractivity contribution in [1.82, 2.24) is 5.32 Å². The van der Waals surface area contributed by atoms with Crippen molar-refractivity contribution in [3.8, 4) is 0 Å². The molecule has 2 N–H and O–H groups in total. The first-order valence-electron chi connectivity index (χ1n) is 4.77. The number of carboxylic acid groups (broad SMARTS) is 1. The van der Waals surface area contributed by atoms with E-state index in [1.165, 1.54) is 19.1 Å². The van der Waals surface area contributed by atoms with Gasteiger partial charge in [0.1, 0.15) is 0 Å². The number of amides is 1. The first kappa shape index (κ1) is 12.5. The first-order chi connectivity index (χ1) is 7.50. The fourth-order valence-electron chi connectivity index (χ4n) is 1.26. The van der Waals surface area contributed by atoms with Gasteiger partial charge in [0.25, 0.3) is 0 Å². The van der Waals surface area contributed by atoms with E-state index < -0.39 is 5.97 Å². The molecule has 0 saturated heterocycles. The Balaban J connectivity index is 2.68. The summed E-state index contributed by atoms with van der Waals surface area (Å²) in [6.45, 7) is 1.93. The molecule has 0 radical (unpaired) electrons. The highest BCUT2D eigenvalue weighted by Crippen LogP contribution is 2.18. The molecule has 0 spiro atoms. The van der Waals surface area contributed by atoms with E-state index in [9.17, 15) is 9.59 Å². The zero-order valence-electron chi connectivity index (χ0n) is 8.79. The number of hydrogen-bond donors (Lipinski definition) is 2. The van der Waals surface area contributed by atoms with Gasteiger partial charge in [-0.05, 0) is 24.1 Å². The molecule has 0 heterocycles. The van der Waals surface area contributed by atoms with Gasteiger partial charge in [0.05, 0.1) is 5.56 Å². The molecule has 0 aliphatic carbocycles. The van der Waals surface area contributed by atoms with E-state index in [2.05, 4.69) is 5.32 Å². The van der Waals surface area contributed by atoms with Crippen molar-refractivity contribution in [3.63, 3.8) is 0 Å². The van der Waals surface area contributed by atoms with Crippen LogP contribution in [-0.4, -0.2) is 23.5 Å². The van der Waals surface area contributed by atoms with Gasteiger partial charge in [-0.2, -0.15) is 0 Å². The van der Waals surface area contributed by atoms with Crippen LogP contribution in [0.1, 0.15) is 22.8 Å². The summed E-state index contributed by atoms with van der Waals surface area (Å²) in [5.74, 6) is -1.10. The fourth-order valence-corrected chi connectivity index (χ4v) is 1.53. The summed E-state index contributed by atoms with van der Waals surface area (Å²) >= 11 is 5.91. The molecule has 0 unspecified atom stereocenters. The number of carboxylic acids is 1. The van der Waals surface area contributed by atoms with Crippen LogP contribution >= 0.6 is 11.6 Å². The molecule has 0 fully saturated rings. The molecule has 0 aliphatic rings. The average Bonchev–Trinajstić information content (AvgIpc) is 2.19. The number of rotatable bonds is 4. The Kier molecular flexibility index (Phi) is 4.31. The maximum atomic E-state index is 10.7. The van der Waals surface area contributed by atoms with Crippen LogP contribution in [0.3, 0.4) is 0 Å². The quantitative estimate of drug-likeness (QED) is 0.844. The fraction of sp³-hybridized carbons (Fsp3) is 0.273. The Bertz CT molecular complexity index is 418. The maximum absolute atomic E-state index is 10.7. The highest BCUT2D eigenvalue weighted by molar-refractivity contribution is 6.31. The lowest BCUT2D eigenvalue weighted by molar-refractivity contribution is -0.118. The van der Waals surface area contributed by atoms with Gasteiger partial charge in [0.15, 0.2) is 0 Å². The lowest BCUT2D eigenvalue weighted by Gasteiger charge is -2.05. The third-order valence-electron chi connectivity index (χ3n) is 2.07. The Labute approximate surface area is 98.2 Å². The second kappa shape index (κ2) is 5.51. The van der Waals surface area contributed by atoms with Crippen molar-refractivity contribution in [1.29, 1.82) is 0 Å². The van der Waals surface area contributed by atoms with Gasteiger partial charge in [-0.3, -0.25) is 4.79 Å². The number of carbonyl (C=O) groups excluding carboxylic acids is 1. The molecule has 1 amide bonds. The van der Waals surface area contributed by atoms with E-state index >= 15 is 0 Å². The largest absolute Gasteiger partial charge is 0.478 e. The van der Waals surface area contributed by atoms with E-state index in [-0.39, 0.29) is 11.5 Å². The van der Waals surface area contributed by atoms with Crippen LogP contribution in [0.15, 0.2) is 18.2 Å². The van der Waals surface area contributed by atoms with Gasteiger partial charge in [0.2, 0.25) is 5.91 Å². The highest BCUT2D eigenvalue weighted by Gasteiger charge is 2.06. The van der Waals surface area contributed by atoms with Crippen LogP contribution in [0.2, 0.25) is 5.02 Å². The monoisotopic (exact) mass is 241 g/mol. The second-order valence-electron chi connectivity index (χ2n) is 3.34. The average molecular weight is 242 g/mol. The predicted molar refractivity (Wildman–Crippen MR) is 60.8 cm³/mol. The van der Waals surface area contributed by atoms with E-state index in [0.29, 0.717) is 18.0 Å². The minimum atomic E-state index is -1.00. The Morgan fingerprint density at radius 1 is 1.44 bits per heavy atom. The van der Waals surface area contributed by atoms with Gasteiger partial charge in [-0.25, -0.2) is 4.79 Å². The summed E-state index contributed by atoms with van der Waals surface area (Å²) in [4.78, 5) is 21.3. The van der Waals surface area contributed by atoms with Crippen molar-refractivity contribution in [2.75, 3.05) is 6.54 Å². The zero-order chi connectivity index (χ0) is 12.1. The van der Waals surface area contributed by atoms with Gasteiger partial charge in [-0.1, -0.05) is 17.7 Å². The van der Waals surface area contributed by atoms with Crippen molar-refractivity contribution in [2.24, 2.45) is 0 Å². The molecule has 0 atom stereocenters. The standard InChI is InChI=1S/C11H12ClNO3/c1-7(14)13-5-4-8-2-3-9(11(15)16)6-10(8)12/h2-3,6H,4-5H2,1H3,(H,13,14)(H,15,16). The summed E-state index contributed by atoms with van der Waals surface area (Å²) in [7, 11) is 0. The SMILES string of the molecule is CC(=O)NCCc1ccc(C(=O)O)cc1Cl. The Hall–Kier alpha value is -1.55. The van der Waals surface area contributed by atoms with E-state index in [1.54, 1.807) is 6.07 Å². The Morgan fingerprint density at radius 3 is 2.62 bits per heavy atom. The van der Waals surface area contributed by atoms with Crippen LogP contribution in [0.5, 0.6) is 0 Å². The lowest BCUT2D eigenvalue weighted by atomic mass is 10.1. The third-order valence-corrected chi connectivity index (χ3v) is 2.42. The molecule has 1 aromatic carbocycles. The summed E-state index contributed by atoms with van der Waals surface area (Å²) < 4.78 is 0. The maximum Gasteiger partial charge on any atom is 0.335 e. The van der Waals surface area contributed by atoms with Crippen LogP contribution in [0, 0.1) is 0 Å². The normalized spacial score (nSPS) is 9.88. The molecule has 1 rings (SSSR count). The minimum Gasteiger partial charge on any atom is -0.478 e. The molecule has 16 heavy (non-hydrogen) atoms. The summed E-state index contributed by atoms with van der Waals surface area (Å²) in [6.07, 6.45) is 0.582. The molecule has 4 nitrogen and oxygen atoms in total. The van der Waals surface area contributed by atoms with Crippen molar-refractivity contribution in [2.45, 2.75) is 13.3 Å². The first-order valence-corrected chi connectivity index (χ1v) is 5.14. The van der Waals surface area contributed by atoms with E-state index in [0.717, 1.165) is 5.56 Å². The highest BCUT2D eigenvalue weighted by atomic mass is 35.5. The lowest BCUT2D eigenvalue weighted by Crippen LogP contribution is -2.22. The number of hydrogen-bond acceptors (Lipinski definition) is 2. The number of nitrogens with one attached hydrogen (secondary N) is 1. The van der Waals surface area contributed by atoms with Gasteiger partial charge in [-0.15, -0.1) is 0 Å². The molecule has 86 valence electrons. The van der Waals surface area contributed by atoms with Crippen LogP contribution in [0.4, 0.5) is 0 Å². The van der Waals surface area contributed by atoms with Crippen LogP contribution < -0.4 is 5.32 Å². The molecular weight excluding hydrogens is 230 g/mol. The number of halogens is 1. The molecule has 0 saturated carbocycles. The topological polar surface area (TPSA) is 66.4 Å². The minimum absolute atomic E-state index is 0.0988. The van der Waals surface area contributed by atoms with Gasteiger partial charge < -0.3 is 10.4 Å². The van der Waals surface area contributed by atoms with E-state index in [1.807, 2.05) is 0 Å². The predicted octanol–water partition coefficient (Wildman–Crippen LogP) is 1.72. The number of aromatic carboxylic acids is 1. The van der Waals surface area contributed by atoms with Gasteiger partial charge >= 0.3 is 5.97 Å². The number of benzene rings is 1. The molecule has 0 aliphatic heterocycles. The zero-order valence-corrected chi connectivity index (χ0v) is 9.54. The molecule has 0 bridgehead atoms.